The molecule has 0 aliphatic heterocycles. The Morgan fingerprint density at radius 1 is 1.25 bits per heavy atom. The number of halogens is 2. The molecule has 20 heavy (non-hydrogen) atoms. The van der Waals surface area contributed by atoms with E-state index in [9.17, 15) is 0 Å². The summed E-state index contributed by atoms with van der Waals surface area (Å²) in [7, 11) is 0. The van der Waals surface area contributed by atoms with E-state index in [0.29, 0.717) is 6.61 Å². The van der Waals surface area contributed by atoms with Gasteiger partial charge >= 0.3 is 0 Å². The van der Waals surface area contributed by atoms with Crippen LogP contribution in [-0.2, 0) is 13.0 Å². The molecule has 0 aliphatic rings. The molecule has 0 aliphatic carbocycles. The lowest BCUT2D eigenvalue weighted by atomic mass is 10.2. The van der Waals surface area contributed by atoms with Gasteiger partial charge in [-0.05, 0) is 68.6 Å². The van der Waals surface area contributed by atoms with Gasteiger partial charge in [-0.25, -0.2) is 0 Å². The van der Waals surface area contributed by atoms with Gasteiger partial charge in [0.1, 0.15) is 11.5 Å². The lowest BCUT2D eigenvalue weighted by molar-refractivity contribution is 0.336. The number of furan rings is 1. The topological polar surface area (TPSA) is 34.4 Å². The molecule has 0 fully saturated rings. The Hall–Kier alpha value is -0.780. The van der Waals surface area contributed by atoms with Crippen LogP contribution in [0.2, 0.25) is 0 Å². The fourth-order valence-corrected chi connectivity index (χ4v) is 3.41. The molecule has 0 radical (unpaired) electrons. The van der Waals surface area contributed by atoms with Gasteiger partial charge in [0.2, 0.25) is 0 Å². The number of ether oxygens (including phenoxy) is 1. The maximum Gasteiger partial charge on any atom is 0.147 e. The standard InChI is InChI=1S/C15H17Br2NO2/c1-2-19-15-13(16)8-11(9-14(15)17)10-18-6-5-12-4-3-7-20-12/h3-4,7-9,18H,2,5-6,10H2,1H3. The van der Waals surface area contributed by atoms with E-state index < -0.39 is 0 Å². The second-order valence-corrected chi connectivity index (χ2v) is 6.04. The molecule has 0 bridgehead atoms. The van der Waals surface area contributed by atoms with Crippen molar-refractivity contribution < 1.29 is 9.15 Å². The van der Waals surface area contributed by atoms with Gasteiger partial charge in [0.25, 0.3) is 0 Å². The van der Waals surface area contributed by atoms with Gasteiger partial charge in [-0.15, -0.1) is 0 Å². The Kier molecular flexibility index (Phi) is 6.13. The third-order valence-electron chi connectivity index (χ3n) is 2.80. The molecular weight excluding hydrogens is 386 g/mol. The highest BCUT2D eigenvalue weighted by Gasteiger charge is 2.08. The van der Waals surface area contributed by atoms with Crippen LogP contribution in [-0.4, -0.2) is 13.2 Å². The highest BCUT2D eigenvalue weighted by molar-refractivity contribution is 9.11. The summed E-state index contributed by atoms with van der Waals surface area (Å²) in [5, 5.41) is 3.40. The van der Waals surface area contributed by atoms with Crippen LogP contribution in [0.15, 0.2) is 43.9 Å². The predicted octanol–water partition coefficient (Wildman–Crippen LogP) is 4.54. The van der Waals surface area contributed by atoms with Crippen LogP contribution in [0.5, 0.6) is 5.75 Å². The smallest absolute Gasteiger partial charge is 0.147 e. The molecule has 0 saturated carbocycles. The van der Waals surface area contributed by atoms with E-state index in [1.807, 2.05) is 19.1 Å². The van der Waals surface area contributed by atoms with Crippen LogP contribution in [0.3, 0.4) is 0 Å². The van der Waals surface area contributed by atoms with E-state index in [-0.39, 0.29) is 0 Å². The first-order chi connectivity index (χ1) is 9.70. The zero-order valence-corrected chi connectivity index (χ0v) is 14.5. The maximum absolute atomic E-state index is 5.57. The molecule has 0 spiro atoms. The molecule has 2 aromatic rings. The Morgan fingerprint density at radius 3 is 2.60 bits per heavy atom. The lowest BCUT2D eigenvalue weighted by Gasteiger charge is -2.11. The summed E-state index contributed by atoms with van der Waals surface area (Å²) in [6, 6.07) is 8.06. The van der Waals surface area contributed by atoms with Crippen molar-refractivity contribution in [2.45, 2.75) is 19.9 Å². The van der Waals surface area contributed by atoms with Crippen LogP contribution in [0.1, 0.15) is 18.2 Å². The highest BCUT2D eigenvalue weighted by Crippen LogP contribution is 2.34. The molecule has 0 unspecified atom stereocenters. The molecule has 1 aromatic heterocycles. The van der Waals surface area contributed by atoms with Crippen molar-refractivity contribution in [3.63, 3.8) is 0 Å². The van der Waals surface area contributed by atoms with E-state index in [2.05, 4.69) is 49.3 Å². The number of rotatable bonds is 7. The Balaban J connectivity index is 1.86. The van der Waals surface area contributed by atoms with Crippen molar-refractivity contribution in [2.24, 2.45) is 0 Å². The third kappa shape index (κ3) is 4.36. The summed E-state index contributed by atoms with van der Waals surface area (Å²) in [5.74, 6) is 1.86. The van der Waals surface area contributed by atoms with E-state index in [4.69, 9.17) is 9.15 Å². The SMILES string of the molecule is CCOc1c(Br)cc(CNCCc2ccco2)cc1Br. The van der Waals surface area contributed by atoms with E-state index in [1.165, 1.54) is 5.56 Å². The minimum Gasteiger partial charge on any atom is -0.492 e. The second-order valence-electron chi connectivity index (χ2n) is 4.33. The fraction of sp³-hybridized carbons (Fsp3) is 0.333. The Morgan fingerprint density at radius 2 is 2.00 bits per heavy atom. The van der Waals surface area contributed by atoms with Gasteiger partial charge < -0.3 is 14.5 Å². The van der Waals surface area contributed by atoms with Crippen molar-refractivity contribution in [3.8, 4) is 5.75 Å². The lowest BCUT2D eigenvalue weighted by Crippen LogP contribution is -2.16. The molecule has 0 saturated heterocycles. The molecule has 1 N–H and O–H groups in total. The molecule has 1 heterocycles. The summed E-state index contributed by atoms with van der Waals surface area (Å²) >= 11 is 7.08. The molecule has 0 atom stereocenters. The minimum atomic E-state index is 0.651. The Labute approximate surface area is 136 Å². The van der Waals surface area contributed by atoms with Crippen LogP contribution in [0.25, 0.3) is 0 Å². The van der Waals surface area contributed by atoms with E-state index >= 15 is 0 Å². The monoisotopic (exact) mass is 401 g/mol. The molecule has 3 nitrogen and oxygen atoms in total. The van der Waals surface area contributed by atoms with Gasteiger partial charge in [0.05, 0.1) is 21.8 Å². The average Bonchev–Trinajstić information content (AvgIpc) is 2.92. The third-order valence-corrected chi connectivity index (χ3v) is 3.98. The van der Waals surface area contributed by atoms with Crippen molar-refractivity contribution in [1.29, 1.82) is 0 Å². The molecular formula is C15H17Br2NO2. The molecule has 5 heteroatoms. The van der Waals surface area contributed by atoms with Crippen molar-refractivity contribution >= 4 is 31.9 Å². The summed E-state index contributed by atoms with van der Waals surface area (Å²) < 4.78 is 12.8. The van der Waals surface area contributed by atoms with Gasteiger partial charge in [-0.1, -0.05) is 0 Å². The maximum atomic E-state index is 5.57. The number of nitrogens with one attached hydrogen (secondary N) is 1. The molecule has 2 rings (SSSR count). The number of benzene rings is 1. The van der Waals surface area contributed by atoms with E-state index in [1.54, 1.807) is 6.26 Å². The highest BCUT2D eigenvalue weighted by atomic mass is 79.9. The van der Waals surface area contributed by atoms with Crippen molar-refractivity contribution in [1.82, 2.24) is 5.32 Å². The van der Waals surface area contributed by atoms with Crippen LogP contribution < -0.4 is 10.1 Å². The van der Waals surface area contributed by atoms with Gasteiger partial charge in [-0.2, -0.15) is 0 Å². The van der Waals surface area contributed by atoms with Crippen LogP contribution >= 0.6 is 31.9 Å². The summed E-state index contributed by atoms with van der Waals surface area (Å²) in [6.45, 7) is 4.32. The second kappa shape index (κ2) is 7.86. The number of hydrogen-bond donors (Lipinski definition) is 1. The predicted molar refractivity (Wildman–Crippen MR) is 87.1 cm³/mol. The first kappa shape index (κ1) is 15.6. The van der Waals surface area contributed by atoms with Crippen LogP contribution in [0.4, 0.5) is 0 Å². The first-order valence-corrected chi connectivity index (χ1v) is 8.13. The van der Waals surface area contributed by atoms with Crippen molar-refractivity contribution in [2.75, 3.05) is 13.2 Å². The largest absolute Gasteiger partial charge is 0.492 e. The quantitative estimate of drug-likeness (QED) is 0.690. The fourth-order valence-electron chi connectivity index (χ4n) is 1.90. The van der Waals surface area contributed by atoms with Gasteiger partial charge in [0.15, 0.2) is 0 Å². The molecule has 1 aromatic carbocycles. The summed E-state index contributed by atoms with van der Waals surface area (Å²) in [6.07, 6.45) is 2.60. The molecule has 108 valence electrons. The minimum absolute atomic E-state index is 0.651. The zero-order chi connectivity index (χ0) is 14.4. The first-order valence-electron chi connectivity index (χ1n) is 6.54. The summed E-state index contributed by atoms with van der Waals surface area (Å²) in [5.41, 5.74) is 1.20. The van der Waals surface area contributed by atoms with Crippen molar-refractivity contribution in [3.05, 3.63) is 50.8 Å². The average molecular weight is 403 g/mol. The number of hydrogen-bond acceptors (Lipinski definition) is 3. The van der Waals surface area contributed by atoms with E-state index in [0.717, 1.165) is 40.0 Å². The normalized spacial score (nSPS) is 10.8. The molecule has 0 amide bonds. The zero-order valence-electron chi connectivity index (χ0n) is 11.3. The summed E-state index contributed by atoms with van der Waals surface area (Å²) in [4.78, 5) is 0. The van der Waals surface area contributed by atoms with Gasteiger partial charge in [-0.3, -0.25) is 0 Å². The van der Waals surface area contributed by atoms with Crippen LogP contribution in [0, 0.1) is 0 Å². The van der Waals surface area contributed by atoms with Gasteiger partial charge in [0, 0.05) is 19.5 Å². The Bertz CT molecular complexity index is 518.